The van der Waals surface area contributed by atoms with Crippen molar-refractivity contribution in [2.24, 2.45) is 17.3 Å². The van der Waals surface area contributed by atoms with E-state index < -0.39 is 5.97 Å². The lowest BCUT2D eigenvalue weighted by Crippen LogP contribution is -2.49. The molecule has 0 bridgehead atoms. The molecule has 4 heteroatoms. The molecule has 0 radical (unpaired) electrons. The van der Waals surface area contributed by atoms with E-state index in [1.165, 1.54) is 34.7 Å². The van der Waals surface area contributed by atoms with Gasteiger partial charge in [0.2, 0.25) is 0 Å². The van der Waals surface area contributed by atoms with Crippen LogP contribution in [-0.2, 0) is 11.3 Å². The van der Waals surface area contributed by atoms with Crippen LogP contribution in [-0.4, -0.2) is 35.2 Å². The summed E-state index contributed by atoms with van der Waals surface area (Å²) in [6.45, 7) is 11.2. The summed E-state index contributed by atoms with van der Waals surface area (Å²) in [5.41, 5.74) is 2.81. The summed E-state index contributed by atoms with van der Waals surface area (Å²) < 4.78 is 6.64. The van der Waals surface area contributed by atoms with E-state index in [0.717, 1.165) is 31.1 Å². The Balaban J connectivity index is 1.56. The maximum atomic E-state index is 11.2. The van der Waals surface area contributed by atoms with Crippen molar-refractivity contribution >= 4 is 16.7 Å². The fourth-order valence-electron chi connectivity index (χ4n) is 5.16. The molecule has 0 spiro atoms. The van der Waals surface area contributed by atoms with E-state index in [9.17, 15) is 9.90 Å². The number of aliphatic carboxylic acids is 1. The molecule has 2 fully saturated rings. The Morgan fingerprint density at radius 2 is 1.73 bits per heavy atom. The molecule has 1 aliphatic heterocycles. The second-order valence-electron chi connectivity index (χ2n) is 10.4. The summed E-state index contributed by atoms with van der Waals surface area (Å²) in [5.74, 6) is 0.833. The molecule has 0 amide bonds. The summed E-state index contributed by atoms with van der Waals surface area (Å²) >= 11 is 0. The van der Waals surface area contributed by atoms with Gasteiger partial charge in [-0.1, -0.05) is 45.0 Å². The average Bonchev–Trinajstić information content (AvgIpc) is 2.65. The van der Waals surface area contributed by atoms with Gasteiger partial charge in [-0.2, -0.15) is 0 Å². The number of carbonyl (C=O) groups is 1. The Morgan fingerprint density at radius 3 is 2.33 bits per heavy atom. The maximum absolute atomic E-state index is 11.2. The summed E-state index contributed by atoms with van der Waals surface area (Å²) in [6.07, 6.45) is 4.94. The van der Waals surface area contributed by atoms with Gasteiger partial charge in [-0.15, -0.1) is 0 Å². The summed E-state index contributed by atoms with van der Waals surface area (Å²) in [4.78, 5) is 13.4. The second kappa shape index (κ2) is 8.22. The summed E-state index contributed by atoms with van der Waals surface area (Å²) in [5, 5.41) is 11.7. The molecule has 1 N–H and O–H groups in total. The molecule has 1 saturated heterocycles. The molecule has 2 aromatic carbocycles. The third-order valence-corrected chi connectivity index (χ3v) is 7.20. The number of ether oxygens (including phenoxy) is 1. The first-order chi connectivity index (χ1) is 14.2. The van der Waals surface area contributed by atoms with E-state index in [4.69, 9.17) is 4.74 Å². The van der Waals surface area contributed by atoms with Crippen LogP contribution in [0.4, 0.5) is 0 Å². The summed E-state index contributed by atoms with van der Waals surface area (Å²) in [7, 11) is 0. The Morgan fingerprint density at radius 1 is 1.10 bits per heavy atom. The highest BCUT2D eigenvalue weighted by Crippen LogP contribution is 2.40. The van der Waals surface area contributed by atoms with Crippen molar-refractivity contribution in [1.82, 2.24) is 4.90 Å². The zero-order valence-corrected chi connectivity index (χ0v) is 18.8. The molecule has 0 atom stereocenters. The number of benzene rings is 2. The first kappa shape index (κ1) is 21.2. The molecule has 30 heavy (non-hydrogen) atoms. The number of aryl methyl sites for hydroxylation is 1. The van der Waals surface area contributed by atoms with Gasteiger partial charge >= 0.3 is 5.97 Å². The zero-order valence-electron chi connectivity index (χ0n) is 18.8. The first-order valence-electron chi connectivity index (χ1n) is 11.4. The van der Waals surface area contributed by atoms with Gasteiger partial charge in [0.25, 0.3) is 0 Å². The second-order valence-corrected chi connectivity index (χ2v) is 10.4. The van der Waals surface area contributed by atoms with Gasteiger partial charge in [0.15, 0.2) is 0 Å². The molecule has 1 heterocycles. The number of carboxylic acids is 1. The summed E-state index contributed by atoms with van der Waals surface area (Å²) in [6, 6.07) is 10.7. The number of rotatable bonds is 5. The van der Waals surface area contributed by atoms with Crippen LogP contribution >= 0.6 is 0 Å². The zero-order chi connectivity index (χ0) is 21.5. The molecular weight excluding hydrogens is 374 g/mol. The smallest absolute Gasteiger partial charge is 0.309 e. The Kier molecular flexibility index (Phi) is 5.80. The largest absolute Gasteiger partial charge is 0.490 e. The topological polar surface area (TPSA) is 49.8 Å². The molecule has 2 aromatic rings. The number of carboxylic acid groups (broad SMARTS) is 1. The maximum Gasteiger partial charge on any atom is 0.309 e. The van der Waals surface area contributed by atoms with Crippen LogP contribution in [0.5, 0.6) is 5.75 Å². The molecule has 4 nitrogen and oxygen atoms in total. The molecule has 4 rings (SSSR count). The molecule has 1 aliphatic carbocycles. The van der Waals surface area contributed by atoms with Gasteiger partial charge in [0, 0.05) is 25.2 Å². The average molecular weight is 410 g/mol. The van der Waals surface area contributed by atoms with Crippen LogP contribution < -0.4 is 4.74 Å². The van der Waals surface area contributed by atoms with Crippen molar-refractivity contribution in [2.45, 2.75) is 66.0 Å². The molecule has 162 valence electrons. The number of nitrogens with zero attached hydrogens (tertiary/aromatic N) is 1. The Hall–Kier alpha value is -2.07. The van der Waals surface area contributed by atoms with E-state index in [-0.39, 0.29) is 12.0 Å². The lowest BCUT2D eigenvalue weighted by atomic mass is 9.72. The minimum Gasteiger partial charge on any atom is -0.490 e. The van der Waals surface area contributed by atoms with E-state index in [2.05, 4.69) is 62.9 Å². The lowest BCUT2D eigenvalue weighted by molar-refractivity contribution is -0.147. The van der Waals surface area contributed by atoms with E-state index in [0.29, 0.717) is 18.5 Å². The highest BCUT2D eigenvalue weighted by Gasteiger charge is 2.34. The van der Waals surface area contributed by atoms with Crippen LogP contribution in [0.3, 0.4) is 0 Å². The van der Waals surface area contributed by atoms with Gasteiger partial charge < -0.3 is 9.84 Å². The highest BCUT2D eigenvalue weighted by atomic mass is 16.5. The minimum absolute atomic E-state index is 0.237. The van der Waals surface area contributed by atoms with Crippen molar-refractivity contribution in [3.05, 3.63) is 41.5 Å². The quantitative estimate of drug-likeness (QED) is 0.693. The molecule has 1 saturated carbocycles. The Labute approximate surface area is 180 Å². The highest BCUT2D eigenvalue weighted by molar-refractivity contribution is 5.90. The normalized spacial score (nSPS) is 23.3. The lowest BCUT2D eigenvalue weighted by Gasteiger charge is -2.38. The van der Waals surface area contributed by atoms with E-state index in [1.807, 2.05) is 0 Å². The van der Waals surface area contributed by atoms with Crippen LogP contribution in [0.15, 0.2) is 30.3 Å². The number of likely N-dealkylation sites (tertiary alicyclic amines) is 1. The van der Waals surface area contributed by atoms with Crippen LogP contribution in [0, 0.1) is 24.2 Å². The van der Waals surface area contributed by atoms with Crippen molar-refractivity contribution in [3.8, 4) is 5.75 Å². The fraction of sp³-hybridized carbons (Fsp3) is 0.577. The van der Waals surface area contributed by atoms with Crippen molar-refractivity contribution in [1.29, 1.82) is 0 Å². The molecule has 0 unspecified atom stereocenters. The van der Waals surface area contributed by atoms with Gasteiger partial charge in [-0.3, -0.25) is 9.69 Å². The number of hydrogen-bond donors (Lipinski definition) is 1. The van der Waals surface area contributed by atoms with Crippen molar-refractivity contribution < 1.29 is 14.6 Å². The fourth-order valence-corrected chi connectivity index (χ4v) is 5.16. The third-order valence-electron chi connectivity index (χ3n) is 7.20. The van der Waals surface area contributed by atoms with Crippen molar-refractivity contribution in [3.63, 3.8) is 0 Å². The van der Waals surface area contributed by atoms with Gasteiger partial charge in [-0.25, -0.2) is 0 Å². The Bertz CT molecular complexity index is 916. The standard InChI is InChI=1S/C26H35NO3/c1-17-13-24(30-20-11-9-19(10-12-20)26(2,3)4)23(22-8-6-5-7-21(17)22)16-27-14-18(15-27)25(28)29/h5-8,13,18-20H,9-12,14-16H2,1-4H3,(H,28,29). The van der Waals surface area contributed by atoms with Gasteiger partial charge in [-0.05, 0) is 66.3 Å². The van der Waals surface area contributed by atoms with E-state index >= 15 is 0 Å². The number of fused-ring (bicyclic) bond motifs is 1. The van der Waals surface area contributed by atoms with Gasteiger partial charge in [0.1, 0.15) is 5.75 Å². The predicted octanol–water partition coefficient (Wildman–Crippen LogP) is 5.65. The third kappa shape index (κ3) is 4.34. The SMILES string of the molecule is Cc1cc(OC2CCC(C(C)(C)C)CC2)c(CN2CC(C(=O)O)C2)c2ccccc12. The van der Waals surface area contributed by atoms with E-state index in [1.54, 1.807) is 0 Å². The predicted molar refractivity (Wildman–Crippen MR) is 121 cm³/mol. The number of hydrogen-bond acceptors (Lipinski definition) is 3. The van der Waals surface area contributed by atoms with Gasteiger partial charge in [0.05, 0.1) is 12.0 Å². The molecule has 0 aromatic heterocycles. The minimum atomic E-state index is -0.688. The van der Waals surface area contributed by atoms with Crippen LogP contribution in [0.25, 0.3) is 10.8 Å². The van der Waals surface area contributed by atoms with Crippen LogP contribution in [0.1, 0.15) is 57.6 Å². The monoisotopic (exact) mass is 409 g/mol. The molecular formula is C26H35NO3. The van der Waals surface area contributed by atoms with Crippen molar-refractivity contribution in [2.75, 3.05) is 13.1 Å². The first-order valence-corrected chi connectivity index (χ1v) is 11.4. The molecule has 2 aliphatic rings. The van der Waals surface area contributed by atoms with Crippen LogP contribution in [0.2, 0.25) is 0 Å².